The molecule has 0 bridgehead atoms. The Balaban J connectivity index is 1.82. The van der Waals surface area contributed by atoms with Gasteiger partial charge in [-0.15, -0.1) is 22.7 Å². The van der Waals surface area contributed by atoms with Gasteiger partial charge in [-0.25, -0.2) is 4.98 Å². The predicted molar refractivity (Wildman–Crippen MR) is 115 cm³/mol. The number of hydrogen-bond acceptors (Lipinski definition) is 8. The monoisotopic (exact) mass is 432 g/mol. The fourth-order valence-corrected chi connectivity index (χ4v) is 5.67. The number of fused-ring (bicyclic) bond motifs is 1. The Hall–Kier alpha value is -1.97. The first-order valence-electron chi connectivity index (χ1n) is 8.96. The summed E-state index contributed by atoms with van der Waals surface area (Å²) >= 11 is 4.63. The first kappa shape index (κ1) is 19.4. The first-order valence-corrected chi connectivity index (χ1v) is 11.6. The van der Waals surface area contributed by atoms with E-state index in [1.165, 1.54) is 23.1 Å². The summed E-state index contributed by atoms with van der Waals surface area (Å²) in [6.07, 6.45) is 0. The normalized spacial score (nSPS) is 12.9. The van der Waals surface area contributed by atoms with E-state index < -0.39 is 0 Å². The highest BCUT2D eigenvalue weighted by Gasteiger charge is 2.22. The van der Waals surface area contributed by atoms with E-state index in [1.54, 1.807) is 22.8 Å². The zero-order chi connectivity index (χ0) is 19.8. The van der Waals surface area contributed by atoms with Crippen molar-refractivity contribution >= 4 is 44.7 Å². The van der Waals surface area contributed by atoms with E-state index in [4.69, 9.17) is 9.51 Å². The highest BCUT2D eigenvalue weighted by atomic mass is 32.2. The predicted octanol–water partition coefficient (Wildman–Crippen LogP) is 5.39. The molecule has 9 heteroatoms. The van der Waals surface area contributed by atoms with E-state index in [9.17, 15) is 4.79 Å². The Morgan fingerprint density at radius 1 is 1.25 bits per heavy atom. The number of aromatic nitrogens is 4. The molecular formula is C19H20N4O2S3. The third-order valence-corrected chi connectivity index (χ3v) is 7.02. The molecule has 146 valence electrons. The second kappa shape index (κ2) is 7.81. The minimum Gasteiger partial charge on any atom is -0.338 e. The maximum absolute atomic E-state index is 13.5. The molecule has 1 atom stereocenters. The number of thiophene rings is 2. The topological polar surface area (TPSA) is 73.8 Å². The van der Waals surface area contributed by atoms with E-state index in [1.807, 2.05) is 29.8 Å². The maximum atomic E-state index is 13.5. The van der Waals surface area contributed by atoms with Crippen LogP contribution in [0.4, 0.5) is 0 Å². The van der Waals surface area contributed by atoms with Crippen molar-refractivity contribution < 1.29 is 4.52 Å². The van der Waals surface area contributed by atoms with Gasteiger partial charge in [-0.1, -0.05) is 36.8 Å². The molecular weight excluding hydrogens is 412 g/mol. The standard InChI is InChI=1S/C19H20N4O2S3/c1-10(2)8-23-18(24)15-13(14-6-5-7-26-14)9-27-17(15)21-19(23)28-11(3)16-20-12(4)22-25-16/h5-7,9-11H,8H2,1-4H3/t11-/m1/s1. The molecule has 0 radical (unpaired) electrons. The molecule has 0 saturated heterocycles. The summed E-state index contributed by atoms with van der Waals surface area (Å²) in [5.74, 6) is 1.46. The lowest BCUT2D eigenvalue weighted by atomic mass is 10.2. The summed E-state index contributed by atoms with van der Waals surface area (Å²) < 4.78 is 7.09. The van der Waals surface area contributed by atoms with Crippen molar-refractivity contribution in [2.45, 2.75) is 44.6 Å². The Bertz CT molecular complexity index is 1160. The molecule has 0 saturated carbocycles. The quantitative estimate of drug-likeness (QED) is 0.300. The molecule has 0 unspecified atom stereocenters. The van der Waals surface area contributed by atoms with Gasteiger partial charge in [0, 0.05) is 22.4 Å². The average Bonchev–Trinajstić information content (AvgIpc) is 3.37. The SMILES string of the molecule is Cc1noc([C@@H](C)Sc2nc3scc(-c4cccs4)c3c(=O)n2CC(C)C)n1. The molecule has 4 rings (SSSR count). The van der Waals surface area contributed by atoms with Crippen molar-refractivity contribution in [1.29, 1.82) is 0 Å². The summed E-state index contributed by atoms with van der Waals surface area (Å²) in [5, 5.41) is 9.22. The van der Waals surface area contributed by atoms with Gasteiger partial charge in [0.2, 0.25) is 5.89 Å². The molecule has 0 aromatic carbocycles. The molecule has 0 aliphatic heterocycles. The van der Waals surface area contributed by atoms with Crippen molar-refractivity contribution in [3.8, 4) is 10.4 Å². The van der Waals surface area contributed by atoms with E-state index in [2.05, 4.69) is 24.0 Å². The fraction of sp³-hybridized carbons (Fsp3) is 0.368. The molecule has 4 heterocycles. The smallest absolute Gasteiger partial charge is 0.263 e. The molecule has 0 N–H and O–H groups in total. The molecule has 0 fully saturated rings. The van der Waals surface area contributed by atoms with E-state index in [0.717, 1.165) is 15.3 Å². The Kier molecular flexibility index (Phi) is 5.39. The summed E-state index contributed by atoms with van der Waals surface area (Å²) in [7, 11) is 0. The van der Waals surface area contributed by atoms with E-state index >= 15 is 0 Å². The number of aryl methyl sites for hydroxylation is 1. The van der Waals surface area contributed by atoms with Crippen molar-refractivity contribution in [3.05, 3.63) is 45.0 Å². The zero-order valence-electron chi connectivity index (χ0n) is 16.0. The molecule has 0 aliphatic carbocycles. The minimum absolute atomic E-state index is 0.0137. The highest BCUT2D eigenvalue weighted by Crippen LogP contribution is 2.37. The Morgan fingerprint density at radius 3 is 2.71 bits per heavy atom. The third kappa shape index (κ3) is 3.66. The second-order valence-corrected chi connectivity index (χ2v) is 10.1. The van der Waals surface area contributed by atoms with Crippen molar-refractivity contribution in [2.24, 2.45) is 5.92 Å². The van der Waals surface area contributed by atoms with Crippen LogP contribution in [0.2, 0.25) is 0 Å². The first-order chi connectivity index (χ1) is 13.4. The van der Waals surface area contributed by atoms with Crippen LogP contribution >= 0.6 is 34.4 Å². The molecule has 28 heavy (non-hydrogen) atoms. The molecule has 6 nitrogen and oxygen atoms in total. The van der Waals surface area contributed by atoms with Crippen molar-refractivity contribution in [2.75, 3.05) is 0 Å². The maximum Gasteiger partial charge on any atom is 0.263 e. The van der Waals surface area contributed by atoms with Gasteiger partial charge in [0.1, 0.15) is 4.83 Å². The van der Waals surface area contributed by atoms with Gasteiger partial charge in [0.15, 0.2) is 11.0 Å². The summed E-state index contributed by atoms with van der Waals surface area (Å²) in [4.78, 5) is 24.5. The van der Waals surface area contributed by atoms with Gasteiger partial charge < -0.3 is 4.52 Å². The van der Waals surface area contributed by atoms with Gasteiger partial charge in [0.25, 0.3) is 5.56 Å². The van der Waals surface area contributed by atoms with Gasteiger partial charge in [0.05, 0.1) is 10.6 Å². The van der Waals surface area contributed by atoms with Crippen LogP contribution in [0.3, 0.4) is 0 Å². The van der Waals surface area contributed by atoms with Crippen LogP contribution in [0, 0.1) is 12.8 Å². The molecule has 0 spiro atoms. The Labute approximate surface area is 174 Å². The largest absolute Gasteiger partial charge is 0.338 e. The van der Waals surface area contributed by atoms with Gasteiger partial charge in [-0.05, 0) is 31.2 Å². The fourth-order valence-electron chi connectivity index (χ4n) is 2.92. The summed E-state index contributed by atoms with van der Waals surface area (Å²) in [6.45, 7) is 8.59. The van der Waals surface area contributed by atoms with Crippen molar-refractivity contribution in [1.82, 2.24) is 19.7 Å². The van der Waals surface area contributed by atoms with Crippen LogP contribution in [0.1, 0.15) is 37.7 Å². The van der Waals surface area contributed by atoms with Crippen LogP contribution in [0.25, 0.3) is 20.7 Å². The highest BCUT2D eigenvalue weighted by molar-refractivity contribution is 7.99. The number of rotatable bonds is 6. The molecule has 4 aromatic rings. The van der Waals surface area contributed by atoms with Crippen LogP contribution in [-0.2, 0) is 6.54 Å². The summed E-state index contributed by atoms with van der Waals surface area (Å²) in [6, 6.07) is 4.04. The van der Waals surface area contributed by atoms with Crippen LogP contribution in [-0.4, -0.2) is 19.7 Å². The number of thioether (sulfide) groups is 1. The van der Waals surface area contributed by atoms with Crippen LogP contribution < -0.4 is 5.56 Å². The lowest BCUT2D eigenvalue weighted by Crippen LogP contribution is -2.25. The molecule has 4 aromatic heterocycles. The number of hydrogen-bond donors (Lipinski definition) is 0. The zero-order valence-corrected chi connectivity index (χ0v) is 18.5. The van der Waals surface area contributed by atoms with Gasteiger partial charge in [-0.2, -0.15) is 4.98 Å². The van der Waals surface area contributed by atoms with Gasteiger partial charge in [-0.3, -0.25) is 9.36 Å². The van der Waals surface area contributed by atoms with Crippen LogP contribution in [0.15, 0.2) is 37.4 Å². The number of nitrogens with zero attached hydrogens (tertiary/aromatic N) is 4. The van der Waals surface area contributed by atoms with Crippen molar-refractivity contribution in [3.63, 3.8) is 0 Å². The van der Waals surface area contributed by atoms with Gasteiger partial charge >= 0.3 is 0 Å². The average molecular weight is 433 g/mol. The molecule has 0 amide bonds. The van der Waals surface area contributed by atoms with E-state index in [-0.39, 0.29) is 10.8 Å². The lowest BCUT2D eigenvalue weighted by molar-refractivity contribution is 0.376. The minimum atomic E-state index is -0.0966. The molecule has 0 aliphatic rings. The summed E-state index contributed by atoms with van der Waals surface area (Å²) in [5.41, 5.74) is 0.988. The lowest BCUT2D eigenvalue weighted by Gasteiger charge is -2.15. The third-order valence-electron chi connectivity index (χ3n) is 4.17. The van der Waals surface area contributed by atoms with Crippen LogP contribution in [0.5, 0.6) is 0 Å². The second-order valence-electron chi connectivity index (χ2n) is 6.95. The van der Waals surface area contributed by atoms with E-state index in [0.29, 0.717) is 34.7 Å². The Morgan fingerprint density at radius 2 is 2.07 bits per heavy atom.